The molecule has 1 atom stereocenters. The molecule has 0 amide bonds. The number of nitrogens with zero attached hydrogens (tertiary/aromatic N) is 1. The summed E-state index contributed by atoms with van der Waals surface area (Å²) < 4.78 is 0. The van der Waals surface area contributed by atoms with Gasteiger partial charge in [-0.1, -0.05) is 54.6 Å². The normalized spacial score (nSPS) is 12.2. The van der Waals surface area contributed by atoms with E-state index in [1.807, 2.05) is 54.6 Å². The molecule has 0 saturated carbocycles. The number of aromatic nitrogens is 1. The first-order valence-corrected chi connectivity index (χ1v) is 7.14. The van der Waals surface area contributed by atoms with Crippen molar-refractivity contribution in [1.29, 1.82) is 0 Å². The summed E-state index contributed by atoms with van der Waals surface area (Å²) in [5, 5.41) is 1.10. The Labute approximate surface area is 124 Å². The Balaban J connectivity index is 1.97. The number of rotatable bonds is 4. The zero-order chi connectivity index (χ0) is 14.7. The zero-order valence-corrected chi connectivity index (χ0v) is 12.0. The number of hydrogen-bond acceptors (Lipinski definition) is 2. The Morgan fingerprint density at radius 1 is 0.952 bits per heavy atom. The number of hydrogen-bond donors (Lipinski definition) is 0. The maximum atomic E-state index is 12.0. The number of benzene rings is 2. The highest BCUT2D eigenvalue weighted by Gasteiger charge is 2.19. The summed E-state index contributed by atoms with van der Waals surface area (Å²) in [7, 11) is 0. The van der Waals surface area contributed by atoms with Crippen LogP contribution in [0.5, 0.6) is 0 Å². The minimum atomic E-state index is -0.183. The molecule has 3 rings (SSSR count). The van der Waals surface area contributed by atoms with Crippen molar-refractivity contribution in [3.63, 3.8) is 0 Å². The van der Waals surface area contributed by atoms with Crippen LogP contribution >= 0.6 is 0 Å². The highest BCUT2D eigenvalue weighted by molar-refractivity contribution is 5.85. The van der Waals surface area contributed by atoms with Gasteiger partial charge in [0.2, 0.25) is 0 Å². The van der Waals surface area contributed by atoms with Crippen molar-refractivity contribution in [3.8, 4) is 0 Å². The first kappa shape index (κ1) is 13.5. The maximum absolute atomic E-state index is 12.0. The van der Waals surface area contributed by atoms with E-state index in [0.717, 1.165) is 22.2 Å². The lowest BCUT2D eigenvalue weighted by atomic mass is 9.92. The molecule has 0 aliphatic carbocycles. The second kappa shape index (κ2) is 5.88. The Bertz CT molecular complexity index is 765. The summed E-state index contributed by atoms with van der Waals surface area (Å²) in [4.78, 5) is 16.7. The average Bonchev–Trinajstić information content (AvgIpc) is 2.53. The molecular weight excluding hydrogens is 258 g/mol. The van der Waals surface area contributed by atoms with Gasteiger partial charge >= 0.3 is 0 Å². The molecule has 3 aromatic rings. The highest BCUT2D eigenvalue weighted by atomic mass is 16.1. The number of fused-ring (bicyclic) bond motifs is 1. The van der Waals surface area contributed by atoms with Gasteiger partial charge in [0.05, 0.1) is 17.1 Å². The van der Waals surface area contributed by atoms with Gasteiger partial charge in [0.25, 0.3) is 0 Å². The van der Waals surface area contributed by atoms with E-state index in [9.17, 15) is 4.79 Å². The molecule has 0 radical (unpaired) electrons. The lowest BCUT2D eigenvalue weighted by Gasteiger charge is -2.14. The second-order valence-electron chi connectivity index (χ2n) is 5.28. The van der Waals surface area contributed by atoms with E-state index < -0.39 is 0 Å². The molecule has 1 heterocycles. The monoisotopic (exact) mass is 275 g/mol. The quantitative estimate of drug-likeness (QED) is 0.716. The molecular formula is C19H17NO. The molecule has 2 aromatic carbocycles. The predicted molar refractivity (Wildman–Crippen MR) is 85.3 cm³/mol. The SMILES string of the molecule is CC(=O)C(Cc1ccccc1)c1ccc2ccccc2n1. The number of para-hydroxylation sites is 1. The molecule has 0 aliphatic rings. The van der Waals surface area contributed by atoms with Gasteiger partial charge in [0.15, 0.2) is 0 Å². The largest absolute Gasteiger partial charge is 0.299 e. The third kappa shape index (κ3) is 3.00. The van der Waals surface area contributed by atoms with Crippen LogP contribution in [0.2, 0.25) is 0 Å². The van der Waals surface area contributed by atoms with E-state index in [1.54, 1.807) is 6.92 Å². The van der Waals surface area contributed by atoms with E-state index in [1.165, 1.54) is 0 Å². The number of carbonyl (C=O) groups is 1. The van der Waals surface area contributed by atoms with Crippen molar-refractivity contribution >= 4 is 16.7 Å². The fourth-order valence-corrected chi connectivity index (χ4v) is 2.58. The van der Waals surface area contributed by atoms with Crippen LogP contribution in [0.25, 0.3) is 10.9 Å². The van der Waals surface area contributed by atoms with Gasteiger partial charge < -0.3 is 0 Å². The van der Waals surface area contributed by atoms with Crippen molar-refractivity contribution in [3.05, 3.63) is 78.0 Å². The molecule has 21 heavy (non-hydrogen) atoms. The van der Waals surface area contributed by atoms with Crippen LogP contribution < -0.4 is 0 Å². The number of carbonyl (C=O) groups excluding carboxylic acids is 1. The van der Waals surface area contributed by atoms with E-state index >= 15 is 0 Å². The van der Waals surface area contributed by atoms with E-state index in [-0.39, 0.29) is 11.7 Å². The summed E-state index contributed by atoms with van der Waals surface area (Å²) in [6.45, 7) is 1.64. The van der Waals surface area contributed by atoms with Gasteiger partial charge in [-0.05, 0) is 31.0 Å². The maximum Gasteiger partial charge on any atom is 0.139 e. The van der Waals surface area contributed by atoms with Crippen LogP contribution in [0.3, 0.4) is 0 Å². The van der Waals surface area contributed by atoms with E-state index in [2.05, 4.69) is 17.1 Å². The summed E-state index contributed by atoms with van der Waals surface area (Å²) in [6, 6.07) is 22.1. The summed E-state index contributed by atoms with van der Waals surface area (Å²) in [5.74, 6) is -0.0290. The Morgan fingerprint density at radius 3 is 2.43 bits per heavy atom. The molecule has 2 heteroatoms. The molecule has 0 fully saturated rings. The lowest BCUT2D eigenvalue weighted by molar-refractivity contribution is -0.118. The van der Waals surface area contributed by atoms with Crippen molar-refractivity contribution < 1.29 is 4.79 Å². The summed E-state index contributed by atoms with van der Waals surface area (Å²) in [5.41, 5.74) is 2.95. The standard InChI is InChI=1S/C19H17NO/c1-14(21)17(13-15-7-3-2-4-8-15)19-12-11-16-9-5-6-10-18(16)20-19/h2-12,17H,13H2,1H3. The molecule has 1 unspecified atom stereocenters. The Morgan fingerprint density at radius 2 is 1.67 bits per heavy atom. The molecule has 2 nitrogen and oxygen atoms in total. The third-order valence-corrected chi connectivity index (χ3v) is 3.75. The lowest BCUT2D eigenvalue weighted by Crippen LogP contribution is -2.13. The van der Waals surface area contributed by atoms with Gasteiger partial charge in [-0.2, -0.15) is 0 Å². The first-order valence-electron chi connectivity index (χ1n) is 7.14. The zero-order valence-electron chi connectivity index (χ0n) is 12.0. The number of Topliss-reactive ketones (excluding diaryl/α,β-unsaturated/α-hetero) is 1. The Hall–Kier alpha value is -2.48. The van der Waals surface area contributed by atoms with Crippen molar-refractivity contribution in [2.45, 2.75) is 19.3 Å². The molecule has 1 aromatic heterocycles. The van der Waals surface area contributed by atoms with Gasteiger partial charge in [-0.3, -0.25) is 9.78 Å². The van der Waals surface area contributed by atoms with Crippen molar-refractivity contribution in [1.82, 2.24) is 4.98 Å². The van der Waals surface area contributed by atoms with Crippen LogP contribution in [0, 0.1) is 0 Å². The first-order chi connectivity index (χ1) is 10.2. The average molecular weight is 275 g/mol. The minimum absolute atomic E-state index is 0.154. The number of ketones is 1. The fourth-order valence-electron chi connectivity index (χ4n) is 2.58. The Kier molecular flexibility index (Phi) is 3.78. The topological polar surface area (TPSA) is 30.0 Å². The van der Waals surface area contributed by atoms with E-state index in [0.29, 0.717) is 6.42 Å². The van der Waals surface area contributed by atoms with Gasteiger partial charge in [0, 0.05) is 5.39 Å². The van der Waals surface area contributed by atoms with Crippen LogP contribution in [0.15, 0.2) is 66.7 Å². The van der Waals surface area contributed by atoms with Crippen molar-refractivity contribution in [2.75, 3.05) is 0 Å². The third-order valence-electron chi connectivity index (χ3n) is 3.75. The summed E-state index contributed by atoms with van der Waals surface area (Å²) in [6.07, 6.45) is 0.696. The van der Waals surface area contributed by atoms with Gasteiger partial charge in [0.1, 0.15) is 5.78 Å². The predicted octanol–water partition coefficient (Wildman–Crippen LogP) is 4.15. The second-order valence-corrected chi connectivity index (χ2v) is 5.28. The molecule has 0 saturated heterocycles. The van der Waals surface area contributed by atoms with Crippen LogP contribution in [-0.4, -0.2) is 10.8 Å². The van der Waals surface area contributed by atoms with Gasteiger partial charge in [-0.25, -0.2) is 0 Å². The molecule has 0 bridgehead atoms. The number of pyridine rings is 1. The van der Waals surface area contributed by atoms with Crippen LogP contribution in [0.4, 0.5) is 0 Å². The van der Waals surface area contributed by atoms with Crippen LogP contribution in [-0.2, 0) is 11.2 Å². The van der Waals surface area contributed by atoms with Crippen LogP contribution in [0.1, 0.15) is 24.1 Å². The van der Waals surface area contributed by atoms with Gasteiger partial charge in [-0.15, -0.1) is 0 Å². The van der Waals surface area contributed by atoms with E-state index in [4.69, 9.17) is 0 Å². The summed E-state index contributed by atoms with van der Waals surface area (Å²) >= 11 is 0. The molecule has 0 aliphatic heterocycles. The minimum Gasteiger partial charge on any atom is -0.299 e. The fraction of sp³-hybridized carbons (Fsp3) is 0.158. The molecule has 0 spiro atoms. The smallest absolute Gasteiger partial charge is 0.139 e. The molecule has 104 valence electrons. The van der Waals surface area contributed by atoms with Crippen molar-refractivity contribution in [2.24, 2.45) is 0 Å². The highest BCUT2D eigenvalue weighted by Crippen LogP contribution is 2.23. The molecule has 0 N–H and O–H groups in total.